The molecule has 1 aliphatic rings. The molecule has 1 atom stereocenters. The second-order valence-electron chi connectivity index (χ2n) is 2.15. The highest BCUT2D eigenvalue weighted by atomic mass is 16.6. The maximum Gasteiger partial charge on any atom is 0.410 e. The lowest BCUT2D eigenvalue weighted by Gasteiger charge is -2.15. The van der Waals surface area contributed by atoms with Crippen LogP contribution >= 0.6 is 0 Å². The van der Waals surface area contributed by atoms with Gasteiger partial charge in [-0.3, -0.25) is 4.90 Å². The Morgan fingerprint density at radius 3 is 3.00 bits per heavy atom. The predicted octanol–water partition coefficient (Wildman–Crippen LogP) is 0.460. The number of carbonyl (C=O) groups is 1. The monoisotopic (exact) mass is 139 g/mol. The summed E-state index contributed by atoms with van der Waals surface area (Å²) < 4.78 is 4.68. The summed E-state index contributed by atoms with van der Waals surface area (Å²) in [6.45, 7) is 2.88. The van der Waals surface area contributed by atoms with Crippen LogP contribution in [0.5, 0.6) is 0 Å². The summed E-state index contributed by atoms with van der Waals surface area (Å²) in [5, 5.41) is 0. The molecule has 1 saturated heterocycles. The molecule has 0 aromatic carbocycles. The first-order chi connectivity index (χ1) is 4.75. The van der Waals surface area contributed by atoms with Crippen molar-refractivity contribution in [2.24, 2.45) is 0 Å². The van der Waals surface area contributed by atoms with Crippen molar-refractivity contribution in [2.75, 3.05) is 13.2 Å². The Morgan fingerprint density at radius 2 is 2.60 bits per heavy atom. The summed E-state index contributed by atoms with van der Waals surface area (Å²) >= 11 is 0. The number of carbonyl (C=O) groups excluding carboxylic acids is 1. The highest BCUT2D eigenvalue weighted by Gasteiger charge is 2.25. The topological polar surface area (TPSA) is 29.5 Å². The van der Waals surface area contributed by atoms with Gasteiger partial charge in [-0.25, -0.2) is 4.79 Å². The van der Waals surface area contributed by atoms with Crippen LogP contribution in [0.15, 0.2) is 0 Å². The number of rotatable bonds is 1. The van der Waals surface area contributed by atoms with Gasteiger partial charge in [-0.1, -0.05) is 5.92 Å². The highest BCUT2D eigenvalue weighted by molar-refractivity contribution is 5.70. The molecule has 54 valence electrons. The summed E-state index contributed by atoms with van der Waals surface area (Å²) in [7, 11) is 0. The smallest absolute Gasteiger partial charge is 0.410 e. The fourth-order valence-corrected chi connectivity index (χ4v) is 0.847. The van der Waals surface area contributed by atoms with Crippen molar-refractivity contribution in [3.8, 4) is 12.3 Å². The minimum atomic E-state index is -0.301. The highest BCUT2D eigenvalue weighted by Crippen LogP contribution is 2.06. The zero-order chi connectivity index (χ0) is 7.56. The van der Waals surface area contributed by atoms with E-state index in [-0.39, 0.29) is 12.1 Å². The average molecular weight is 139 g/mol. The molecule has 1 heterocycles. The Balaban J connectivity index is 2.57. The molecule has 1 rings (SSSR count). The van der Waals surface area contributed by atoms with Gasteiger partial charge in [0.25, 0.3) is 0 Å². The third kappa shape index (κ3) is 1.06. The first-order valence-corrected chi connectivity index (χ1v) is 3.15. The van der Waals surface area contributed by atoms with Crippen LogP contribution in [0.3, 0.4) is 0 Å². The predicted molar refractivity (Wildman–Crippen MR) is 36.3 cm³/mol. The SMILES string of the molecule is C#C[C@H](C)N1CCOC1=O. The second-order valence-corrected chi connectivity index (χ2v) is 2.15. The summed E-state index contributed by atoms with van der Waals surface area (Å²) in [6, 6.07) is -0.144. The standard InChI is InChI=1S/C7H9NO2/c1-3-6(2)8-4-5-10-7(8)9/h1,6H,4-5H2,2H3/t6-/m0/s1. The van der Waals surface area contributed by atoms with Gasteiger partial charge in [-0.15, -0.1) is 6.42 Å². The van der Waals surface area contributed by atoms with Crippen LogP contribution in [0.2, 0.25) is 0 Å². The molecule has 0 unspecified atom stereocenters. The van der Waals surface area contributed by atoms with Crippen molar-refractivity contribution in [3.05, 3.63) is 0 Å². The zero-order valence-electron chi connectivity index (χ0n) is 5.83. The zero-order valence-corrected chi connectivity index (χ0v) is 5.83. The molecule has 0 saturated carbocycles. The van der Waals surface area contributed by atoms with Gasteiger partial charge in [-0.2, -0.15) is 0 Å². The number of ether oxygens (including phenoxy) is 1. The van der Waals surface area contributed by atoms with E-state index in [2.05, 4.69) is 10.7 Å². The number of nitrogens with zero attached hydrogens (tertiary/aromatic N) is 1. The van der Waals surface area contributed by atoms with E-state index in [0.717, 1.165) is 0 Å². The quantitative estimate of drug-likeness (QED) is 0.494. The maximum atomic E-state index is 10.8. The van der Waals surface area contributed by atoms with Gasteiger partial charge in [0.1, 0.15) is 6.61 Å². The molecule has 3 nitrogen and oxygen atoms in total. The van der Waals surface area contributed by atoms with Crippen molar-refractivity contribution in [1.29, 1.82) is 0 Å². The van der Waals surface area contributed by atoms with E-state index in [0.29, 0.717) is 13.2 Å². The van der Waals surface area contributed by atoms with Gasteiger partial charge in [-0.05, 0) is 6.92 Å². The molecule has 0 bridgehead atoms. The third-order valence-electron chi connectivity index (χ3n) is 1.50. The van der Waals surface area contributed by atoms with Crippen LogP contribution in [0.25, 0.3) is 0 Å². The van der Waals surface area contributed by atoms with Gasteiger partial charge >= 0.3 is 6.09 Å². The molecule has 0 aromatic rings. The Bertz CT molecular complexity index is 183. The Kier molecular flexibility index (Phi) is 1.81. The lowest BCUT2D eigenvalue weighted by Crippen LogP contribution is -2.32. The number of cyclic esters (lactones) is 1. The van der Waals surface area contributed by atoms with Crippen LogP contribution in [0.4, 0.5) is 4.79 Å². The minimum Gasteiger partial charge on any atom is -0.447 e. The van der Waals surface area contributed by atoms with Crippen LogP contribution < -0.4 is 0 Å². The molecule has 10 heavy (non-hydrogen) atoms. The van der Waals surface area contributed by atoms with Gasteiger partial charge in [0, 0.05) is 0 Å². The summed E-state index contributed by atoms with van der Waals surface area (Å²) in [4.78, 5) is 12.3. The van der Waals surface area contributed by atoms with E-state index < -0.39 is 0 Å². The molecule has 0 aliphatic carbocycles. The number of amides is 1. The van der Waals surface area contributed by atoms with Crippen molar-refractivity contribution < 1.29 is 9.53 Å². The van der Waals surface area contributed by atoms with Crippen molar-refractivity contribution >= 4 is 6.09 Å². The number of hydrogen-bond donors (Lipinski definition) is 0. The molecule has 0 radical (unpaired) electrons. The number of terminal acetylenes is 1. The largest absolute Gasteiger partial charge is 0.447 e. The van der Waals surface area contributed by atoms with Gasteiger partial charge < -0.3 is 4.74 Å². The number of hydrogen-bond acceptors (Lipinski definition) is 2. The first kappa shape index (κ1) is 6.94. The average Bonchev–Trinajstić information content (AvgIpc) is 2.34. The van der Waals surface area contributed by atoms with Gasteiger partial charge in [0.15, 0.2) is 0 Å². The van der Waals surface area contributed by atoms with E-state index >= 15 is 0 Å². The van der Waals surface area contributed by atoms with E-state index in [1.807, 2.05) is 0 Å². The van der Waals surface area contributed by atoms with Crippen molar-refractivity contribution in [2.45, 2.75) is 13.0 Å². The van der Waals surface area contributed by atoms with Crippen LogP contribution in [-0.4, -0.2) is 30.2 Å². The Hall–Kier alpha value is -1.17. The lowest BCUT2D eigenvalue weighted by atomic mass is 10.3. The maximum absolute atomic E-state index is 10.8. The second kappa shape index (κ2) is 2.61. The van der Waals surface area contributed by atoms with Crippen LogP contribution in [0.1, 0.15) is 6.92 Å². The first-order valence-electron chi connectivity index (χ1n) is 3.15. The van der Waals surface area contributed by atoms with Gasteiger partial charge in [0.2, 0.25) is 0 Å². The van der Waals surface area contributed by atoms with Crippen molar-refractivity contribution in [1.82, 2.24) is 4.90 Å². The lowest BCUT2D eigenvalue weighted by molar-refractivity contribution is 0.155. The molecule has 1 fully saturated rings. The molecule has 1 aliphatic heterocycles. The summed E-state index contributed by atoms with van der Waals surface area (Å²) in [6.07, 6.45) is 4.81. The molecule has 3 heteroatoms. The fourth-order valence-electron chi connectivity index (χ4n) is 0.847. The molecule has 1 amide bonds. The summed E-state index contributed by atoms with van der Waals surface area (Å²) in [5.74, 6) is 2.46. The van der Waals surface area contributed by atoms with E-state index in [4.69, 9.17) is 6.42 Å². The van der Waals surface area contributed by atoms with E-state index in [9.17, 15) is 4.79 Å². The molecule has 0 spiro atoms. The van der Waals surface area contributed by atoms with Crippen molar-refractivity contribution in [3.63, 3.8) is 0 Å². The van der Waals surface area contributed by atoms with Gasteiger partial charge in [0.05, 0.1) is 12.6 Å². The normalized spacial score (nSPS) is 20.0. The van der Waals surface area contributed by atoms with E-state index in [1.165, 1.54) is 4.90 Å². The molecule has 0 N–H and O–H groups in total. The molecular formula is C7H9NO2. The Morgan fingerprint density at radius 1 is 1.90 bits per heavy atom. The summed E-state index contributed by atoms with van der Waals surface area (Å²) in [5.41, 5.74) is 0. The fraction of sp³-hybridized carbons (Fsp3) is 0.571. The Labute approximate surface area is 60.0 Å². The van der Waals surface area contributed by atoms with Crippen LogP contribution in [0, 0.1) is 12.3 Å². The van der Waals surface area contributed by atoms with E-state index in [1.54, 1.807) is 6.92 Å². The molecular weight excluding hydrogens is 130 g/mol. The third-order valence-corrected chi connectivity index (χ3v) is 1.50. The molecule has 0 aromatic heterocycles. The minimum absolute atomic E-state index is 0.144. The van der Waals surface area contributed by atoms with Crippen LogP contribution in [-0.2, 0) is 4.74 Å².